The highest BCUT2D eigenvalue weighted by Gasteiger charge is 2.40. The number of carbonyl (C=O) groups is 2. The Morgan fingerprint density at radius 2 is 1.71 bits per heavy atom. The number of hydrogen-bond donors (Lipinski definition) is 3. The number of amides is 1. The van der Waals surface area contributed by atoms with Crippen molar-refractivity contribution in [2.75, 3.05) is 11.9 Å². The van der Waals surface area contributed by atoms with Crippen molar-refractivity contribution >= 4 is 23.3 Å². The molecule has 2 fully saturated rings. The number of nitrogens with zero attached hydrogens (tertiary/aromatic N) is 1. The Morgan fingerprint density at radius 3 is 2.35 bits per heavy atom. The quantitative estimate of drug-likeness (QED) is 0.521. The lowest BCUT2D eigenvalue weighted by atomic mass is 9.82. The molecule has 2 aromatic carbocycles. The summed E-state index contributed by atoms with van der Waals surface area (Å²) in [6.07, 6.45) is 1.21. The highest BCUT2D eigenvalue weighted by molar-refractivity contribution is 6.17. The molecular formula is C26H29F2N3O3. The third-order valence-electron chi connectivity index (χ3n) is 6.59. The fourth-order valence-corrected chi connectivity index (χ4v) is 4.70. The molecule has 0 bridgehead atoms. The smallest absolute Gasteiger partial charge is 0.328 e. The Kier molecular flexibility index (Phi) is 7.36. The minimum atomic E-state index is -2.75. The maximum atomic E-state index is 13.7. The van der Waals surface area contributed by atoms with Crippen LogP contribution in [-0.4, -0.2) is 47.2 Å². The Morgan fingerprint density at radius 1 is 1.03 bits per heavy atom. The van der Waals surface area contributed by atoms with Crippen LogP contribution in [-0.2, 0) is 9.59 Å². The van der Waals surface area contributed by atoms with E-state index in [9.17, 15) is 23.5 Å². The Hall–Kier alpha value is -3.13. The number of aliphatic carboxylic acids is 1. The third-order valence-corrected chi connectivity index (χ3v) is 6.59. The summed E-state index contributed by atoms with van der Waals surface area (Å²) >= 11 is 0. The number of benzene rings is 2. The van der Waals surface area contributed by atoms with Crippen LogP contribution in [0.3, 0.4) is 0 Å². The van der Waals surface area contributed by atoms with Crippen molar-refractivity contribution in [2.24, 2.45) is 10.9 Å². The molecule has 2 aromatic rings. The zero-order chi connectivity index (χ0) is 24.1. The summed E-state index contributed by atoms with van der Waals surface area (Å²) in [5, 5.41) is 16.1. The van der Waals surface area contributed by atoms with Crippen molar-refractivity contribution in [3.8, 4) is 0 Å². The average molecular weight is 470 g/mol. The summed E-state index contributed by atoms with van der Waals surface area (Å²) in [7, 11) is 0. The monoisotopic (exact) mass is 469 g/mol. The van der Waals surface area contributed by atoms with E-state index in [-0.39, 0.29) is 37.6 Å². The molecular weight excluding hydrogens is 440 g/mol. The predicted octanol–water partition coefficient (Wildman–Crippen LogP) is 4.49. The topological polar surface area (TPSA) is 90.8 Å². The van der Waals surface area contributed by atoms with E-state index in [1.54, 1.807) is 24.3 Å². The number of carboxylic acid groups (broad SMARTS) is 1. The van der Waals surface area contributed by atoms with E-state index in [2.05, 4.69) is 15.6 Å². The standard InChI is InChI=1S/C26H29F2N3O3/c27-26(28)14-12-18(13-15-26)23(25(33)34)31-22(17-7-2-1-3-8-17)19-9-4-5-10-20(19)30-24(32)21-11-6-16-29-21/h1-5,7-10,18,21,23,29H,6,11-16H2,(H,30,32)(H,33,34)/t21-,23-/m0/s1. The summed E-state index contributed by atoms with van der Waals surface area (Å²) in [6, 6.07) is 14.8. The van der Waals surface area contributed by atoms with Crippen LogP contribution < -0.4 is 10.6 Å². The van der Waals surface area contributed by atoms with E-state index in [1.807, 2.05) is 30.3 Å². The number of hydrogen-bond acceptors (Lipinski definition) is 4. The maximum absolute atomic E-state index is 13.7. The average Bonchev–Trinajstić information content (AvgIpc) is 3.37. The minimum Gasteiger partial charge on any atom is -0.480 e. The van der Waals surface area contributed by atoms with Crippen LogP contribution in [0.2, 0.25) is 0 Å². The van der Waals surface area contributed by atoms with Crippen LogP contribution >= 0.6 is 0 Å². The second-order valence-electron chi connectivity index (χ2n) is 9.00. The maximum Gasteiger partial charge on any atom is 0.328 e. The number of carboxylic acids is 1. The molecule has 34 heavy (non-hydrogen) atoms. The number of anilines is 1. The molecule has 2 aliphatic rings. The molecule has 1 heterocycles. The van der Waals surface area contributed by atoms with Crippen molar-refractivity contribution < 1.29 is 23.5 Å². The largest absolute Gasteiger partial charge is 0.480 e. The molecule has 0 radical (unpaired) electrons. The van der Waals surface area contributed by atoms with Crippen LogP contribution in [0.4, 0.5) is 14.5 Å². The van der Waals surface area contributed by atoms with E-state index < -0.39 is 23.9 Å². The van der Waals surface area contributed by atoms with Gasteiger partial charge in [0.15, 0.2) is 6.04 Å². The highest BCUT2D eigenvalue weighted by Crippen LogP contribution is 2.38. The fourth-order valence-electron chi connectivity index (χ4n) is 4.70. The summed E-state index contributed by atoms with van der Waals surface area (Å²) in [5.41, 5.74) is 2.23. The van der Waals surface area contributed by atoms with E-state index >= 15 is 0 Å². The summed E-state index contributed by atoms with van der Waals surface area (Å²) in [6.45, 7) is 0.789. The molecule has 0 spiro atoms. The Labute approximate surface area is 197 Å². The van der Waals surface area contributed by atoms with Crippen molar-refractivity contribution in [1.82, 2.24) is 5.32 Å². The first-order chi connectivity index (χ1) is 16.3. The molecule has 3 N–H and O–H groups in total. The van der Waals surface area contributed by atoms with E-state index in [0.717, 1.165) is 19.4 Å². The van der Waals surface area contributed by atoms with Gasteiger partial charge in [0.25, 0.3) is 0 Å². The lowest BCUT2D eigenvalue weighted by Gasteiger charge is -2.30. The molecule has 1 aliphatic heterocycles. The number of halogens is 2. The summed E-state index contributed by atoms with van der Waals surface area (Å²) in [5.74, 6) is -4.53. The molecule has 8 heteroatoms. The van der Waals surface area contributed by atoms with Gasteiger partial charge in [-0.05, 0) is 44.2 Å². The van der Waals surface area contributed by atoms with Crippen molar-refractivity contribution in [3.63, 3.8) is 0 Å². The number of carbonyl (C=O) groups excluding carboxylic acids is 1. The van der Waals surface area contributed by atoms with Crippen LogP contribution in [0.5, 0.6) is 0 Å². The second kappa shape index (κ2) is 10.4. The van der Waals surface area contributed by atoms with Gasteiger partial charge in [-0.25, -0.2) is 13.6 Å². The first-order valence-corrected chi connectivity index (χ1v) is 11.7. The van der Waals surface area contributed by atoms with Gasteiger partial charge in [-0.2, -0.15) is 0 Å². The molecule has 180 valence electrons. The van der Waals surface area contributed by atoms with Gasteiger partial charge in [-0.3, -0.25) is 9.79 Å². The first kappa shape index (κ1) is 24.0. The molecule has 2 atom stereocenters. The van der Waals surface area contributed by atoms with Gasteiger partial charge in [-0.1, -0.05) is 48.5 Å². The second-order valence-corrected chi connectivity index (χ2v) is 9.00. The number of rotatable bonds is 7. The first-order valence-electron chi connectivity index (χ1n) is 11.7. The number of para-hydroxylation sites is 1. The molecule has 1 aliphatic carbocycles. The van der Waals surface area contributed by atoms with Crippen LogP contribution in [0.15, 0.2) is 59.6 Å². The van der Waals surface area contributed by atoms with Gasteiger partial charge in [0.05, 0.1) is 17.4 Å². The van der Waals surface area contributed by atoms with E-state index in [1.165, 1.54) is 0 Å². The molecule has 0 aromatic heterocycles. The van der Waals surface area contributed by atoms with Crippen LogP contribution in [0.1, 0.15) is 49.7 Å². The lowest BCUT2D eigenvalue weighted by molar-refractivity contribution is -0.141. The number of aliphatic imine (C=N–C) groups is 1. The van der Waals surface area contributed by atoms with Crippen molar-refractivity contribution in [1.29, 1.82) is 0 Å². The van der Waals surface area contributed by atoms with Crippen LogP contribution in [0.25, 0.3) is 0 Å². The minimum absolute atomic E-state index is 0.0985. The SMILES string of the molecule is O=C(Nc1ccccc1C(=N[C@H](C(=O)O)C1CCC(F)(F)CC1)c1ccccc1)[C@@H]1CCCN1. The van der Waals surface area contributed by atoms with Gasteiger partial charge < -0.3 is 15.7 Å². The molecule has 6 nitrogen and oxygen atoms in total. The van der Waals surface area contributed by atoms with Gasteiger partial charge >= 0.3 is 5.97 Å². The zero-order valence-electron chi connectivity index (χ0n) is 18.8. The van der Waals surface area contributed by atoms with Crippen LogP contribution in [0, 0.1) is 5.92 Å². The molecule has 1 saturated heterocycles. The third kappa shape index (κ3) is 5.67. The van der Waals surface area contributed by atoms with Gasteiger partial charge in [0, 0.05) is 24.0 Å². The normalized spacial score (nSPS) is 21.7. The predicted molar refractivity (Wildman–Crippen MR) is 127 cm³/mol. The molecule has 1 amide bonds. The Balaban J connectivity index is 1.72. The highest BCUT2D eigenvalue weighted by atomic mass is 19.3. The van der Waals surface area contributed by atoms with E-state index in [0.29, 0.717) is 22.5 Å². The van der Waals surface area contributed by atoms with Gasteiger partial charge in [-0.15, -0.1) is 0 Å². The van der Waals surface area contributed by atoms with E-state index in [4.69, 9.17) is 0 Å². The molecule has 0 unspecified atom stereocenters. The number of nitrogens with one attached hydrogen (secondary N) is 2. The lowest BCUT2D eigenvalue weighted by Crippen LogP contribution is -2.36. The molecule has 4 rings (SSSR count). The van der Waals surface area contributed by atoms with Crippen molar-refractivity contribution in [3.05, 3.63) is 65.7 Å². The van der Waals surface area contributed by atoms with Gasteiger partial charge in [0.2, 0.25) is 11.8 Å². The fraction of sp³-hybridized carbons (Fsp3) is 0.423. The number of alkyl halides is 2. The summed E-state index contributed by atoms with van der Waals surface area (Å²) < 4.78 is 27.4. The zero-order valence-corrected chi connectivity index (χ0v) is 18.8. The summed E-state index contributed by atoms with van der Waals surface area (Å²) in [4.78, 5) is 29.7. The molecule has 1 saturated carbocycles. The Bertz CT molecular complexity index is 1040. The van der Waals surface area contributed by atoms with Gasteiger partial charge in [0.1, 0.15) is 0 Å². The van der Waals surface area contributed by atoms with Crippen molar-refractivity contribution in [2.45, 2.75) is 56.5 Å².